The maximum Gasteiger partial charge on any atom is 0.143 e. The van der Waals surface area contributed by atoms with Gasteiger partial charge in [0, 0.05) is 38.4 Å². The zero-order chi connectivity index (χ0) is 38.9. The van der Waals surface area contributed by atoms with Gasteiger partial charge in [0.25, 0.3) is 0 Å². The van der Waals surface area contributed by atoms with Crippen LogP contribution in [0.4, 0.5) is 17.1 Å². The molecule has 0 aliphatic rings. The predicted octanol–water partition coefficient (Wildman–Crippen LogP) is 16.3. The highest BCUT2D eigenvalue weighted by molar-refractivity contribution is 6.24. The van der Waals surface area contributed by atoms with Gasteiger partial charge in [0.05, 0.1) is 16.8 Å². The summed E-state index contributed by atoms with van der Waals surface area (Å²) in [5, 5.41) is 9.15. The molecule has 2 heterocycles. The summed E-state index contributed by atoms with van der Waals surface area (Å²) < 4.78 is 13.1. The molecule has 0 amide bonds. The number of benzene rings is 10. The lowest BCUT2D eigenvalue weighted by Crippen LogP contribution is -2.13. The molecule has 2 aromatic heterocycles. The molecule has 0 N–H and O–H groups in total. The molecule has 3 nitrogen and oxygen atoms in total. The summed E-state index contributed by atoms with van der Waals surface area (Å²) in [6.45, 7) is 0. The zero-order valence-electron chi connectivity index (χ0n) is 32.0. The number of rotatable bonds is 6. The van der Waals surface area contributed by atoms with E-state index in [9.17, 15) is 0 Å². The number of furan rings is 2. The van der Waals surface area contributed by atoms with Crippen molar-refractivity contribution >= 4 is 82.5 Å². The van der Waals surface area contributed by atoms with Crippen LogP contribution in [0.3, 0.4) is 0 Å². The van der Waals surface area contributed by atoms with E-state index >= 15 is 0 Å². The van der Waals surface area contributed by atoms with Gasteiger partial charge in [0.2, 0.25) is 0 Å². The van der Waals surface area contributed by atoms with Crippen molar-refractivity contribution in [3.05, 3.63) is 212 Å². The fraction of sp³-hybridized carbons (Fsp3) is 0. The van der Waals surface area contributed by atoms with E-state index in [4.69, 9.17) is 8.83 Å². The third-order valence-corrected chi connectivity index (χ3v) is 11.8. The van der Waals surface area contributed by atoms with Crippen molar-refractivity contribution in [3.8, 4) is 33.4 Å². The fourth-order valence-corrected chi connectivity index (χ4v) is 9.23. The van der Waals surface area contributed by atoms with Gasteiger partial charge < -0.3 is 13.7 Å². The van der Waals surface area contributed by atoms with E-state index in [-0.39, 0.29) is 0 Å². The first-order valence-corrected chi connectivity index (χ1v) is 20.1. The number of anilines is 3. The van der Waals surface area contributed by atoms with E-state index in [0.717, 1.165) is 88.6 Å². The smallest absolute Gasteiger partial charge is 0.143 e. The van der Waals surface area contributed by atoms with Crippen molar-refractivity contribution in [2.75, 3.05) is 4.90 Å². The highest BCUT2D eigenvalue weighted by Crippen LogP contribution is 2.52. The van der Waals surface area contributed by atoms with Crippen LogP contribution in [-0.4, -0.2) is 0 Å². The molecule has 10 aromatic carbocycles. The van der Waals surface area contributed by atoms with Crippen molar-refractivity contribution in [1.82, 2.24) is 0 Å². The molecule has 0 radical (unpaired) electrons. The third kappa shape index (κ3) is 5.29. The first-order valence-electron chi connectivity index (χ1n) is 20.1. The standard InChI is InChI=1S/C56H35NO2/c1-2-15-36(16-3-1)38-17-12-18-39(35-38)53-45-22-6-4-19-42(45)43-20-5-7-23-46(43)55(53)57(49-27-14-30-52-54(49)48-24-9-11-29-51(48)58-52)40-33-31-37(32-34-40)41-25-13-26-47-44-21-8-10-28-50(44)59-56(41)47/h1-35H. The molecule has 0 saturated heterocycles. The molecule has 3 heteroatoms. The summed E-state index contributed by atoms with van der Waals surface area (Å²) in [6.07, 6.45) is 0. The lowest BCUT2D eigenvalue weighted by Gasteiger charge is -2.31. The summed E-state index contributed by atoms with van der Waals surface area (Å²) in [7, 11) is 0. The van der Waals surface area contributed by atoms with E-state index in [1.165, 1.54) is 27.3 Å². The second-order valence-electron chi connectivity index (χ2n) is 15.2. The average Bonchev–Trinajstić information content (AvgIpc) is 3.89. The Labute approximate surface area is 340 Å². The van der Waals surface area contributed by atoms with Crippen molar-refractivity contribution < 1.29 is 8.83 Å². The molecule has 0 aliphatic heterocycles. The van der Waals surface area contributed by atoms with Crippen LogP contribution in [0.5, 0.6) is 0 Å². The topological polar surface area (TPSA) is 29.5 Å². The van der Waals surface area contributed by atoms with Crippen LogP contribution in [0.15, 0.2) is 221 Å². The summed E-state index contributed by atoms with van der Waals surface area (Å²) >= 11 is 0. The van der Waals surface area contributed by atoms with Crippen LogP contribution < -0.4 is 4.90 Å². The van der Waals surface area contributed by atoms with Gasteiger partial charge in [-0.25, -0.2) is 0 Å². The van der Waals surface area contributed by atoms with Gasteiger partial charge in [-0.1, -0.05) is 170 Å². The Morgan fingerprint density at radius 3 is 1.68 bits per heavy atom. The van der Waals surface area contributed by atoms with E-state index in [2.05, 4.69) is 199 Å². The van der Waals surface area contributed by atoms with Gasteiger partial charge in [-0.15, -0.1) is 0 Å². The molecular weight excluding hydrogens is 719 g/mol. The Hall–Kier alpha value is -7.88. The third-order valence-electron chi connectivity index (χ3n) is 11.8. The highest BCUT2D eigenvalue weighted by atomic mass is 16.3. The van der Waals surface area contributed by atoms with Gasteiger partial charge in [-0.2, -0.15) is 0 Å². The Bertz CT molecular complexity index is 3560. The summed E-state index contributed by atoms with van der Waals surface area (Å²) in [4.78, 5) is 2.47. The van der Waals surface area contributed by atoms with Crippen LogP contribution in [0.1, 0.15) is 0 Å². The van der Waals surface area contributed by atoms with Crippen molar-refractivity contribution in [1.29, 1.82) is 0 Å². The molecule has 0 bridgehead atoms. The van der Waals surface area contributed by atoms with Crippen molar-refractivity contribution in [2.24, 2.45) is 0 Å². The van der Waals surface area contributed by atoms with E-state index in [1.54, 1.807) is 0 Å². The van der Waals surface area contributed by atoms with Crippen LogP contribution in [0.2, 0.25) is 0 Å². The molecule has 0 unspecified atom stereocenters. The van der Waals surface area contributed by atoms with Crippen molar-refractivity contribution in [2.45, 2.75) is 0 Å². The van der Waals surface area contributed by atoms with Crippen LogP contribution in [0.25, 0.3) is 98.8 Å². The maximum atomic E-state index is 6.56. The minimum Gasteiger partial charge on any atom is -0.456 e. The van der Waals surface area contributed by atoms with E-state index in [0.29, 0.717) is 0 Å². The monoisotopic (exact) mass is 753 g/mol. The second kappa shape index (κ2) is 13.4. The lowest BCUT2D eigenvalue weighted by atomic mass is 9.88. The first-order chi connectivity index (χ1) is 29.3. The molecule has 12 rings (SSSR count). The molecule has 0 spiro atoms. The lowest BCUT2D eigenvalue weighted by molar-refractivity contribution is 0.669. The molecule has 0 fully saturated rings. The number of para-hydroxylation sites is 3. The SMILES string of the molecule is c1ccc(-c2cccc(-c3c(N(c4ccc(-c5cccc6c5oc5ccccc56)cc4)c4cccc5oc6ccccc6c45)c4ccccc4c4ccccc34)c2)cc1. The minimum atomic E-state index is 0.847. The van der Waals surface area contributed by atoms with Gasteiger partial charge in [0.15, 0.2) is 0 Å². The predicted molar refractivity (Wildman–Crippen MR) is 247 cm³/mol. The van der Waals surface area contributed by atoms with Gasteiger partial charge in [-0.3, -0.25) is 0 Å². The number of nitrogens with zero attached hydrogens (tertiary/aromatic N) is 1. The number of hydrogen-bond donors (Lipinski definition) is 0. The second-order valence-corrected chi connectivity index (χ2v) is 15.2. The summed E-state index contributed by atoms with van der Waals surface area (Å²) in [5.41, 5.74) is 13.5. The Morgan fingerprint density at radius 2 is 0.881 bits per heavy atom. The van der Waals surface area contributed by atoms with E-state index < -0.39 is 0 Å². The quantitative estimate of drug-likeness (QED) is 0.158. The van der Waals surface area contributed by atoms with Gasteiger partial charge >= 0.3 is 0 Å². The molecule has 0 aliphatic carbocycles. The summed E-state index contributed by atoms with van der Waals surface area (Å²) in [5.74, 6) is 0. The van der Waals surface area contributed by atoms with Crippen LogP contribution >= 0.6 is 0 Å². The Kier molecular flexibility index (Phi) is 7.54. The number of fused-ring (bicyclic) bond motifs is 9. The average molecular weight is 754 g/mol. The van der Waals surface area contributed by atoms with Crippen molar-refractivity contribution in [3.63, 3.8) is 0 Å². The van der Waals surface area contributed by atoms with Gasteiger partial charge in [-0.05, 0) is 80.9 Å². The number of hydrogen-bond acceptors (Lipinski definition) is 3. The van der Waals surface area contributed by atoms with Gasteiger partial charge in [0.1, 0.15) is 22.3 Å². The molecule has 0 atom stereocenters. The molecule has 59 heavy (non-hydrogen) atoms. The molecular formula is C56H35NO2. The highest BCUT2D eigenvalue weighted by Gasteiger charge is 2.26. The molecule has 276 valence electrons. The molecule has 0 saturated carbocycles. The Morgan fingerprint density at radius 1 is 0.322 bits per heavy atom. The maximum absolute atomic E-state index is 6.56. The van der Waals surface area contributed by atoms with E-state index in [1.807, 2.05) is 18.2 Å². The minimum absolute atomic E-state index is 0.847. The van der Waals surface area contributed by atoms with Crippen LogP contribution in [-0.2, 0) is 0 Å². The fourth-order valence-electron chi connectivity index (χ4n) is 9.23. The van der Waals surface area contributed by atoms with Crippen LogP contribution in [0, 0.1) is 0 Å². The largest absolute Gasteiger partial charge is 0.456 e. The normalized spacial score (nSPS) is 11.7. The Balaban J connectivity index is 1.17. The zero-order valence-corrected chi connectivity index (χ0v) is 32.0. The molecule has 12 aromatic rings. The first kappa shape index (κ1) is 33.3. The summed E-state index contributed by atoms with van der Waals surface area (Å²) in [6, 6.07) is 75.8.